The van der Waals surface area contributed by atoms with Gasteiger partial charge in [0.15, 0.2) is 0 Å². The van der Waals surface area contributed by atoms with E-state index in [1.807, 2.05) is 6.08 Å². The van der Waals surface area contributed by atoms with Crippen LogP contribution in [0.15, 0.2) is 91.5 Å². The Hall–Kier alpha value is -2.43. The summed E-state index contributed by atoms with van der Waals surface area (Å²) in [5, 5.41) is 8.31. The molecule has 0 aromatic heterocycles. The molecule has 0 radical (unpaired) electrons. The highest BCUT2D eigenvalue weighted by molar-refractivity contribution is 7.56. The molecule has 0 spiro atoms. The Morgan fingerprint density at radius 3 is 2.20 bits per heavy atom. The lowest BCUT2D eigenvalue weighted by Crippen LogP contribution is -2.11. The van der Waals surface area contributed by atoms with Gasteiger partial charge in [0.25, 0.3) is 0 Å². The Labute approximate surface area is 151 Å². The van der Waals surface area contributed by atoms with Crippen LogP contribution in [0.1, 0.15) is 12.0 Å². The summed E-state index contributed by atoms with van der Waals surface area (Å²) in [7, 11) is 0.660. The van der Waals surface area contributed by atoms with Gasteiger partial charge in [0, 0.05) is 0 Å². The summed E-state index contributed by atoms with van der Waals surface area (Å²) >= 11 is 0. The molecule has 0 aliphatic carbocycles. The highest BCUT2D eigenvalue weighted by atomic mass is 31.1. The highest BCUT2D eigenvalue weighted by Gasteiger charge is 2.10. The van der Waals surface area contributed by atoms with Gasteiger partial charge in [-0.05, 0) is 50.6 Å². The van der Waals surface area contributed by atoms with Crippen LogP contribution in [0.2, 0.25) is 0 Å². The second kappa shape index (κ2) is 7.21. The summed E-state index contributed by atoms with van der Waals surface area (Å²) in [4.78, 5) is 0. The molecule has 0 amide bonds. The first-order valence-electron chi connectivity index (χ1n) is 8.73. The van der Waals surface area contributed by atoms with Gasteiger partial charge < -0.3 is 0 Å². The average Bonchev–Trinajstić information content (AvgIpc) is 2.67. The molecular formula is C24H21P. The number of hydrogen-bond acceptors (Lipinski definition) is 0. The minimum atomic E-state index is 0.660. The van der Waals surface area contributed by atoms with Gasteiger partial charge in [-0.3, -0.25) is 0 Å². The van der Waals surface area contributed by atoms with Crippen molar-refractivity contribution in [1.29, 1.82) is 0 Å². The molecule has 0 saturated carbocycles. The van der Waals surface area contributed by atoms with E-state index < -0.39 is 0 Å². The SMILES string of the molecule is C=CCCc1ccc2ccccc2c1Pc1cccc2ccccc12. The zero-order chi connectivity index (χ0) is 17.1. The smallest absolute Gasteiger partial charge is 0.0104 e. The summed E-state index contributed by atoms with van der Waals surface area (Å²) in [6.45, 7) is 3.89. The molecule has 0 fully saturated rings. The number of rotatable bonds is 5. The van der Waals surface area contributed by atoms with Crippen molar-refractivity contribution in [3.05, 3.63) is 97.1 Å². The molecule has 0 aliphatic rings. The molecule has 0 N–H and O–H groups in total. The lowest BCUT2D eigenvalue weighted by molar-refractivity contribution is 1.01. The van der Waals surface area contributed by atoms with E-state index in [2.05, 4.69) is 85.4 Å². The molecule has 4 rings (SSSR count). The summed E-state index contributed by atoms with van der Waals surface area (Å²) in [6, 6.07) is 28.7. The second-order valence-electron chi connectivity index (χ2n) is 6.30. The van der Waals surface area contributed by atoms with Gasteiger partial charge in [-0.25, -0.2) is 0 Å². The van der Waals surface area contributed by atoms with Crippen molar-refractivity contribution in [1.82, 2.24) is 0 Å². The topological polar surface area (TPSA) is 0 Å². The van der Waals surface area contributed by atoms with Crippen LogP contribution in [0.5, 0.6) is 0 Å². The zero-order valence-electron chi connectivity index (χ0n) is 14.2. The maximum Gasteiger partial charge on any atom is -0.0104 e. The minimum Gasteiger partial charge on any atom is -0.103 e. The zero-order valence-corrected chi connectivity index (χ0v) is 15.2. The van der Waals surface area contributed by atoms with E-state index in [0.717, 1.165) is 12.8 Å². The standard InChI is InChI=1S/C24H21P/c1-2-3-9-20-17-16-19-11-5-7-14-22(19)24(20)25-23-15-8-12-18-10-4-6-13-21(18)23/h2,4-8,10-17,25H,1,3,9H2. The molecular weight excluding hydrogens is 319 g/mol. The maximum absolute atomic E-state index is 3.89. The summed E-state index contributed by atoms with van der Waals surface area (Å²) in [5.41, 5.74) is 1.45. The molecule has 1 unspecified atom stereocenters. The van der Waals surface area contributed by atoms with Gasteiger partial charge in [0.2, 0.25) is 0 Å². The second-order valence-corrected chi connectivity index (χ2v) is 7.59. The number of benzene rings is 4. The van der Waals surface area contributed by atoms with Crippen molar-refractivity contribution < 1.29 is 0 Å². The summed E-state index contributed by atoms with van der Waals surface area (Å²) in [6.07, 6.45) is 4.09. The van der Waals surface area contributed by atoms with E-state index in [1.54, 1.807) is 0 Å². The largest absolute Gasteiger partial charge is 0.103 e. The van der Waals surface area contributed by atoms with Crippen molar-refractivity contribution >= 4 is 40.7 Å². The number of aryl methyl sites for hydroxylation is 1. The van der Waals surface area contributed by atoms with E-state index in [-0.39, 0.29) is 0 Å². The van der Waals surface area contributed by atoms with Crippen LogP contribution >= 0.6 is 8.58 Å². The summed E-state index contributed by atoms with van der Waals surface area (Å²) < 4.78 is 0. The van der Waals surface area contributed by atoms with Crippen LogP contribution in [0.4, 0.5) is 0 Å². The van der Waals surface area contributed by atoms with Crippen LogP contribution in [0.3, 0.4) is 0 Å². The van der Waals surface area contributed by atoms with Crippen LogP contribution in [-0.2, 0) is 6.42 Å². The molecule has 122 valence electrons. The Balaban J connectivity index is 1.88. The third-order valence-corrected chi connectivity index (χ3v) is 6.23. The van der Waals surface area contributed by atoms with Gasteiger partial charge >= 0.3 is 0 Å². The predicted molar refractivity (Wildman–Crippen MR) is 114 cm³/mol. The van der Waals surface area contributed by atoms with Crippen molar-refractivity contribution in [2.24, 2.45) is 0 Å². The Morgan fingerprint density at radius 1 is 0.720 bits per heavy atom. The normalized spacial score (nSPS) is 11.5. The van der Waals surface area contributed by atoms with Crippen LogP contribution in [-0.4, -0.2) is 0 Å². The Bertz CT molecular complexity index is 1040. The fraction of sp³-hybridized carbons (Fsp3) is 0.0833. The quantitative estimate of drug-likeness (QED) is 0.321. The number of allylic oxidation sites excluding steroid dienone is 1. The highest BCUT2D eigenvalue weighted by Crippen LogP contribution is 2.26. The molecule has 0 nitrogen and oxygen atoms in total. The third kappa shape index (κ3) is 3.23. The molecule has 0 saturated heterocycles. The van der Waals surface area contributed by atoms with Gasteiger partial charge in [-0.15, -0.1) is 6.58 Å². The minimum absolute atomic E-state index is 0.660. The molecule has 4 aromatic carbocycles. The summed E-state index contributed by atoms with van der Waals surface area (Å²) in [5.74, 6) is 0. The predicted octanol–water partition coefficient (Wildman–Crippen LogP) is 5.74. The first kappa shape index (κ1) is 16.1. The van der Waals surface area contributed by atoms with Crippen LogP contribution in [0.25, 0.3) is 21.5 Å². The van der Waals surface area contributed by atoms with Gasteiger partial charge in [0.05, 0.1) is 0 Å². The van der Waals surface area contributed by atoms with E-state index >= 15 is 0 Å². The lowest BCUT2D eigenvalue weighted by Gasteiger charge is -2.14. The molecule has 0 heterocycles. The monoisotopic (exact) mass is 340 g/mol. The first-order chi connectivity index (χ1) is 12.4. The molecule has 0 aliphatic heterocycles. The van der Waals surface area contributed by atoms with Gasteiger partial charge in [-0.2, -0.15) is 0 Å². The fourth-order valence-electron chi connectivity index (χ4n) is 3.40. The van der Waals surface area contributed by atoms with Gasteiger partial charge in [-0.1, -0.05) is 93.5 Å². The van der Waals surface area contributed by atoms with Crippen LogP contribution in [0, 0.1) is 0 Å². The Kier molecular flexibility index (Phi) is 4.63. The van der Waals surface area contributed by atoms with Crippen LogP contribution < -0.4 is 10.6 Å². The van der Waals surface area contributed by atoms with Crippen molar-refractivity contribution in [3.8, 4) is 0 Å². The third-order valence-electron chi connectivity index (χ3n) is 4.68. The Morgan fingerprint density at radius 2 is 1.40 bits per heavy atom. The lowest BCUT2D eigenvalue weighted by atomic mass is 10.0. The van der Waals surface area contributed by atoms with Crippen molar-refractivity contribution in [3.63, 3.8) is 0 Å². The van der Waals surface area contributed by atoms with E-state index in [1.165, 1.54) is 37.7 Å². The van der Waals surface area contributed by atoms with Crippen molar-refractivity contribution in [2.75, 3.05) is 0 Å². The molecule has 1 atom stereocenters. The van der Waals surface area contributed by atoms with E-state index in [0.29, 0.717) is 8.58 Å². The van der Waals surface area contributed by atoms with Gasteiger partial charge in [0.1, 0.15) is 0 Å². The number of hydrogen-bond donors (Lipinski definition) is 0. The molecule has 25 heavy (non-hydrogen) atoms. The number of fused-ring (bicyclic) bond motifs is 2. The van der Waals surface area contributed by atoms with Crippen molar-refractivity contribution in [2.45, 2.75) is 12.8 Å². The molecule has 0 bridgehead atoms. The fourth-order valence-corrected chi connectivity index (χ4v) is 4.94. The average molecular weight is 340 g/mol. The van der Waals surface area contributed by atoms with E-state index in [4.69, 9.17) is 0 Å². The van der Waals surface area contributed by atoms with E-state index in [9.17, 15) is 0 Å². The maximum atomic E-state index is 3.89. The molecule has 4 aromatic rings. The molecule has 1 heteroatoms. The first-order valence-corrected chi connectivity index (χ1v) is 9.73.